The first-order valence-corrected chi connectivity index (χ1v) is 6.37. The van der Waals surface area contributed by atoms with E-state index in [0.717, 1.165) is 17.8 Å². The Hall–Kier alpha value is -2.13. The van der Waals surface area contributed by atoms with E-state index in [2.05, 4.69) is 26.7 Å². The summed E-state index contributed by atoms with van der Waals surface area (Å²) in [4.78, 5) is 8.33. The maximum absolute atomic E-state index is 5.81. The smallest absolute Gasteiger partial charge is 0.129 e. The Balaban J connectivity index is 1.92. The lowest BCUT2D eigenvalue weighted by Crippen LogP contribution is -2.00. The number of hydrogen-bond donors (Lipinski definition) is 0. The van der Waals surface area contributed by atoms with E-state index in [0.29, 0.717) is 5.15 Å². The van der Waals surface area contributed by atoms with Crippen molar-refractivity contribution in [2.75, 3.05) is 0 Å². The summed E-state index contributed by atoms with van der Waals surface area (Å²) >= 11 is 5.81. The van der Waals surface area contributed by atoms with Gasteiger partial charge in [-0.15, -0.1) is 0 Å². The predicted molar refractivity (Wildman–Crippen MR) is 76.0 cm³/mol. The minimum atomic E-state index is 0.498. The molecule has 0 aliphatic heterocycles. The Kier molecular flexibility index (Phi) is 3.29. The molecule has 3 nitrogen and oxygen atoms in total. The van der Waals surface area contributed by atoms with Gasteiger partial charge in [0.15, 0.2) is 0 Å². The third kappa shape index (κ3) is 2.66. The van der Waals surface area contributed by atoms with Crippen LogP contribution in [0.1, 0.15) is 5.56 Å². The topological polar surface area (TPSA) is 30.7 Å². The van der Waals surface area contributed by atoms with Crippen molar-refractivity contribution in [3.63, 3.8) is 0 Å². The SMILES string of the molecule is Clc1ccc(-c2cncn2Cc2ccccc2)cn1. The molecule has 0 atom stereocenters. The van der Waals surface area contributed by atoms with Crippen molar-refractivity contribution >= 4 is 11.6 Å². The van der Waals surface area contributed by atoms with E-state index in [9.17, 15) is 0 Å². The van der Waals surface area contributed by atoms with Crippen molar-refractivity contribution < 1.29 is 0 Å². The zero-order valence-electron chi connectivity index (χ0n) is 10.2. The van der Waals surface area contributed by atoms with E-state index < -0.39 is 0 Å². The van der Waals surface area contributed by atoms with E-state index in [4.69, 9.17) is 11.6 Å². The molecular weight excluding hydrogens is 258 g/mol. The number of rotatable bonds is 3. The molecule has 3 aromatic rings. The number of benzene rings is 1. The summed E-state index contributed by atoms with van der Waals surface area (Å²) in [5, 5.41) is 0.498. The highest BCUT2D eigenvalue weighted by atomic mass is 35.5. The van der Waals surface area contributed by atoms with Crippen LogP contribution in [0.5, 0.6) is 0 Å². The van der Waals surface area contributed by atoms with Crippen molar-refractivity contribution in [3.05, 3.63) is 71.9 Å². The van der Waals surface area contributed by atoms with E-state index in [1.807, 2.05) is 36.8 Å². The summed E-state index contributed by atoms with van der Waals surface area (Å²) in [7, 11) is 0. The second kappa shape index (κ2) is 5.24. The molecule has 2 aromatic heterocycles. The molecular formula is C15H12ClN3. The first-order valence-electron chi connectivity index (χ1n) is 5.99. The average Bonchev–Trinajstić information content (AvgIpc) is 2.89. The molecule has 0 amide bonds. The molecule has 3 rings (SSSR count). The lowest BCUT2D eigenvalue weighted by Gasteiger charge is -2.08. The second-order valence-electron chi connectivity index (χ2n) is 4.26. The Morgan fingerprint density at radius 3 is 2.58 bits per heavy atom. The van der Waals surface area contributed by atoms with Crippen molar-refractivity contribution in [3.8, 4) is 11.3 Å². The fourth-order valence-corrected chi connectivity index (χ4v) is 2.11. The molecule has 0 aliphatic rings. The van der Waals surface area contributed by atoms with Gasteiger partial charge in [-0.05, 0) is 17.7 Å². The molecule has 0 unspecified atom stereocenters. The maximum Gasteiger partial charge on any atom is 0.129 e. The van der Waals surface area contributed by atoms with Gasteiger partial charge in [0.1, 0.15) is 5.15 Å². The van der Waals surface area contributed by atoms with Gasteiger partial charge in [-0.3, -0.25) is 0 Å². The lowest BCUT2D eigenvalue weighted by atomic mass is 10.2. The first kappa shape index (κ1) is 11.9. The summed E-state index contributed by atoms with van der Waals surface area (Å²) in [6, 6.07) is 14.0. The van der Waals surface area contributed by atoms with Gasteiger partial charge in [0.05, 0.1) is 18.2 Å². The molecule has 94 valence electrons. The summed E-state index contributed by atoms with van der Waals surface area (Å²) in [6.45, 7) is 0.790. The monoisotopic (exact) mass is 269 g/mol. The zero-order chi connectivity index (χ0) is 13.1. The number of nitrogens with zero attached hydrogens (tertiary/aromatic N) is 3. The molecule has 0 spiro atoms. The number of halogens is 1. The molecule has 0 bridgehead atoms. The maximum atomic E-state index is 5.81. The molecule has 19 heavy (non-hydrogen) atoms. The van der Waals surface area contributed by atoms with Crippen molar-refractivity contribution in [2.24, 2.45) is 0 Å². The number of hydrogen-bond acceptors (Lipinski definition) is 2. The van der Waals surface area contributed by atoms with Crippen LogP contribution in [-0.4, -0.2) is 14.5 Å². The molecule has 0 saturated carbocycles. The van der Waals surface area contributed by atoms with Crippen LogP contribution in [0, 0.1) is 0 Å². The molecule has 4 heteroatoms. The molecule has 0 aliphatic carbocycles. The molecule has 0 radical (unpaired) electrons. The summed E-state index contributed by atoms with van der Waals surface area (Å²) in [5.41, 5.74) is 3.29. The van der Waals surface area contributed by atoms with Gasteiger partial charge in [-0.2, -0.15) is 0 Å². The quantitative estimate of drug-likeness (QED) is 0.680. The Morgan fingerprint density at radius 1 is 1.00 bits per heavy atom. The number of imidazole rings is 1. The summed E-state index contributed by atoms with van der Waals surface area (Å²) in [5.74, 6) is 0. The van der Waals surface area contributed by atoms with Crippen molar-refractivity contribution in [1.29, 1.82) is 0 Å². The van der Waals surface area contributed by atoms with Crippen LogP contribution in [-0.2, 0) is 6.54 Å². The first-order chi connectivity index (χ1) is 9.33. The van der Waals surface area contributed by atoms with Gasteiger partial charge in [-0.1, -0.05) is 41.9 Å². The van der Waals surface area contributed by atoms with Crippen molar-refractivity contribution in [2.45, 2.75) is 6.54 Å². The van der Waals surface area contributed by atoms with Crippen LogP contribution in [0.25, 0.3) is 11.3 Å². The largest absolute Gasteiger partial charge is 0.326 e. The van der Waals surface area contributed by atoms with Gasteiger partial charge in [-0.25, -0.2) is 9.97 Å². The summed E-state index contributed by atoms with van der Waals surface area (Å²) < 4.78 is 2.10. The Labute approximate surface area is 116 Å². The van der Waals surface area contributed by atoms with Crippen LogP contribution in [0.3, 0.4) is 0 Å². The van der Waals surface area contributed by atoms with Gasteiger partial charge in [0.25, 0.3) is 0 Å². The van der Waals surface area contributed by atoms with Gasteiger partial charge >= 0.3 is 0 Å². The fraction of sp³-hybridized carbons (Fsp3) is 0.0667. The molecule has 2 heterocycles. The highest BCUT2D eigenvalue weighted by Crippen LogP contribution is 2.20. The highest BCUT2D eigenvalue weighted by molar-refractivity contribution is 6.29. The van der Waals surface area contributed by atoms with Gasteiger partial charge in [0, 0.05) is 18.3 Å². The third-order valence-electron chi connectivity index (χ3n) is 2.93. The third-order valence-corrected chi connectivity index (χ3v) is 3.15. The van der Waals surface area contributed by atoms with Crippen LogP contribution < -0.4 is 0 Å². The van der Waals surface area contributed by atoms with Crippen LogP contribution in [0.15, 0.2) is 61.2 Å². The second-order valence-corrected chi connectivity index (χ2v) is 4.65. The normalized spacial score (nSPS) is 10.6. The highest BCUT2D eigenvalue weighted by Gasteiger charge is 2.06. The number of pyridine rings is 1. The summed E-state index contributed by atoms with van der Waals surface area (Å²) in [6.07, 6.45) is 5.44. The lowest BCUT2D eigenvalue weighted by molar-refractivity contribution is 0.804. The van der Waals surface area contributed by atoms with Crippen molar-refractivity contribution in [1.82, 2.24) is 14.5 Å². The minimum Gasteiger partial charge on any atom is -0.326 e. The molecule has 0 N–H and O–H groups in total. The fourth-order valence-electron chi connectivity index (χ4n) is 1.99. The average molecular weight is 270 g/mol. The predicted octanol–water partition coefficient (Wildman–Crippen LogP) is 3.65. The molecule has 1 aromatic carbocycles. The van der Waals surface area contributed by atoms with Gasteiger partial charge in [0.2, 0.25) is 0 Å². The Bertz CT molecular complexity index is 659. The number of aromatic nitrogens is 3. The van der Waals surface area contributed by atoms with E-state index in [1.165, 1.54) is 5.56 Å². The molecule has 0 saturated heterocycles. The van der Waals surface area contributed by atoms with E-state index in [-0.39, 0.29) is 0 Å². The minimum absolute atomic E-state index is 0.498. The van der Waals surface area contributed by atoms with E-state index in [1.54, 1.807) is 12.3 Å². The van der Waals surface area contributed by atoms with E-state index >= 15 is 0 Å². The standard InChI is InChI=1S/C15H12ClN3/c16-15-7-6-13(8-18-15)14-9-17-11-19(14)10-12-4-2-1-3-5-12/h1-9,11H,10H2. The van der Waals surface area contributed by atoms with Crippen LogP contribution in [0.2, 0.25) is 5.15 Å². The van der Waals surface area contributed by atoms with Crippen LogP contribution in [0.4, 0.5) is 0 Å². The molecule has 0 fully saturated rings. The Morgan fingerprint density at radius 2 is 1.84 bits per heavy atom. The van der Waals surface area contributed by atoms with Crippen LogP contribution >= 0.6 is 11.6 Å². The zero-order valence-corrected chi connectivity index (χ0v) is 11.0. The van der Waals surface area contributed by atoms with Gasteiger partial charge < -0.3 is 4.57 Å².